The highest BCUT2D eigenvalue weighted by molar-refractivity contribution is 9.10. The van der Waals surface area contributed by atoms with Crippen LogP contribution in [-0.4, -0.2) is 37.9 Å². The van der Waals surface area contributed by atoms with E-state index in [1.807, 2.05) is 45.7 Å². The Morgan fingerprint density at radius 1 is 1.12 bits per heavy atom. The molecule has 0 aliphatic heterocycles. The molecule has 0 amide bonds. The molecule has 0 bridgehead atoms. The van der Waals surface area contributed by atoms with E-state index in [-0.39, 0.29) is 12.1 Å². The topological polar surface area (TPSA) is 66.4 Å². The molecule has 0 aliphatic carbocycles. The molecule has 2 N–H and O–H groups in total. The second kappa shape index (κ2) is 26.8. The van der Waals surface area contributed by atoms with Crippen molar-refractivity contribution in [2.45, 2.75) is 66.0 Å². The van der Waals surface area contributed by atoms with Gasteiger partial charge in [0.15, 0.2) is 0 Å². The van der Waals surface area contributed by atoms with E-state index in [1.54, 1.807) is 0 Å². The molecule has 2 unspecified atom stereocenters. The summed E-state index contributed by atoms with van der Waals surface area (Å²) < 4.78 is 1.18. The summed E-state index contributed by atoms with van der Waals surface area (Å²) in [7, 11) is 1.88. The number of nitrogens with one attached hydrogen (secondary N) is 1. The summed E-state index contributed by atoms with van der Waals surface area (Å²) >= 11 is 3.40. The van der Waals surface area contributed by atoms with Gasteiger partial charge in [-0.25, -0.2) is 0 Å². The Labute approximate surface area is 157 Å². The summed E-state index contributed by atoms with van der Waals surface area (Å²) in [5, 5.41) is 12.1. The van der Waals surface area contributed by atoms with E-state index in [0.29, 0.717) is 0 Å². The van der Waals surface area contributed by atoms with Crippen molar-refractivity contribution in [1.29, 1.82) is 0 Å². The van der Waals surface area contributed by atoms with Gasteiger partial charge in [-0.1, -0.05) is 67.7 Å². The Morgan fingerprint density at radius 2 is 1.54 bits per heavy atom. The lowest BCUT2D eigenvalue weighted by Crippen LogP contribution is -2.35. The quantitative estimate of drug-likeness (QED) is 0.769. The third-order valence-corrected chi connectivity index (χ3v) is 3.52. The first-order valence-electron chi connectivity index (χ1n) is 8.08. The predicted molar refractivity (Wildman–Crippen MR) is 109 cm³/mol. The summed E-state index contributed by atoms with van der Waals surface area (Å²) in [6.07, 6.45) is 3.19. The number of likely N-dealkylation sites (N-methyl/N-ethyl adjacent to an activating group) is 1. The molecule has 0 aliphatic rings. The Hall–Kier alpha value is -1.04. The van der Waals surface area contributed by atoms with Gasteiger partial charge < -0.3 is 20.0 Å². The molecule has 1 aromatic carbocycles. The number of carbonyl (C=O) groups is 2. The minimum Gasteiger partial charge on any atom is -0.392 e. The van der Waals surface area contributed by atoms with Gasteiger partial charge in [-0.15, -0.1) is 0 Å². The van der Waals surface area contributed by atoms with Crippen LogP contribution in [-0.2, 0) is 9.59 Å². The van der Waals surface area contributed by atoms with Gasteiger partial charge in [0.1, 0.15) is 13.6 Å². The monoisotopic (exact) mass is 405 g/mol. The molecule has 142 valence electrons. The number of hydrogen-bond donors (Lipinski definition) is 2. The van der Waals surface area contributed by atoms with Crippen LogP contribution >= 0.6 is 15.9 Å². The number of halogens is 1. The van der Waals surface area contributed by atoms with Gasteiger partial charge in [-0.3, -0.25) is 0 Å². The summed E-state index contributed by atoms with van der Waals surface area (Å²) in [6.45, 7) is 14.3. The van der Waals surface area contributed by atoms with Gasteiger partial charge in [0, 0.05) is 10.5 Å². The smallest absolute Gasteiger partial charge is 0.106 e. The van der Waals surface area contributed by atoms with Crippen molar-refractivity contribution in [2.24, 2.45) is 0 Å². The number of aliphatic hydroxyl groups is 1. The summed E-state index contributed by atoms with van der Waals surface area (Å²) in [6, 6.07) is 8.42. The van der Waals surface area contributed by atoms with Crippen LogP contribution in [0.3, 0.4) is 0 Å². The predicted octanol–water partition coefficient (Wildman–Crippen LogP) is 4.56. The van der Waals surface area contributed by atoms with Crippen LogP contribution in [0.15, 0.2) is 28.7 Å². The first kappa shape index (κ1) is 30.8. The molecule has 0 radical (unpaired) electrons. The van der Waals surface area contributed by atoms with E-state index in [2.05, 4.69) is 55.0 Å². The molecule has 1 rings (SSSR count). The Morgan fingerprint density at radius 3 is 1.71 bits per heavy atom. The fourth-order valence-electron chi connectivity index (χ4n) is 1.49. The number of benzene rings is 1. The zero-order chi connectivity index (χ0) is 20.0. The van der Waals surface area contributed by atoms with Crippen LogP contribution in [0, 0.1) is 6.92 Å². The van der Waals surface area contributed by atoms with E-state index in [4.69, 9.17) is 14.7 Å². The zero-order valence-electron chi connectivity index (χ0n) is 16.1. The minimum atomic E-state index is -0.227. The van der Waals surface area contributed by atoms with Crippen molar-refractivity contribution in [3.05, 3.63) is 34.3 Å². The number of rotatable bonds is 4. The lowest BCUT2D eigenvalue weighted by Gasteiger charge is -2.17. The molecule has 0 spiro atoms. The molecule has 0 heterocycles. The van der Waals surface area contributed by atoms with Gasteiger partial charge in [0.2, 0.25) is 0 Å². The number of carbonyl (C=O) groups excluding carboxylic acids is 2. The van der Waals surface area contributed by atoms with Crippen molar-refractivity contribution >= 4 is 29.5 Å². The second-order valence-corrected chi connectivity index (χ2v) is 5.74. The maximum atomic E-state index is 9.08. The van der Waals surface area contributed by atoms with Gasteiger partial charge in [-0.2, -0.15) is 0 Å². The SMILES string of the molecule is C=O.C=O.CCC.CCCC(NC)C(C)O.Cc1ccccc1Br. The lowest BCUT2D eigenvalue weighted by atomic mass is 10.1. The molecule has 4 nitrogen and oxygen atoms in total. The highest BCUT2D eigenvalue weighted by Gasteiger charge is 2.09. The second-order valence-electron chi connectivity index (χ2n) is 4.88. The van der Waals surface area contributed by atoms with Crippen molar-refractivity contribution in [3.8, 4) is 0 Å². The largest absolute Gasteiger partial charge is 0.392 e. The molecular weight excluding hydrogens is 370 g/mol. The Bertz CT molecular complexity index is 326. The molecule has 1 aromatic rings. The molecule has 0 saturated heterocycles. The molecule has 0 saturated carbocycles. The van der Waals surface area contributed by atoms with Crippen molar-refractivity contribution in [1.82, 2.24) is 5.32 Å². The van der Waals surface area contributed by atoms with Crippen LogP contribution in [0.2, 0.25) is 0 Å². The van der Waals surface area contributed by atoms with E-state index in [1.165, 1.54) is 16.5 Å². The van der Waals surface area contributed by atoms with E-state index in [9.17, 15) is 0 Å². The molecular formula is C19H36BrNO3. The fraction of sp³-hybridized carbons (Fsp3) is 0.579. The van der Waals surface area contributed by atoms with Crippen LogP contribution < -0.4 is 5.32 Å². The van der Waals surface area contributed by atoms with E-state index in [0.717, 1.165) is 12.8 Å². The maximum absolute atomic E-state index is 9.08. The maximum Gasteiger partial charge on any atom is 0.106 e. The fourth-order valence-corrected chi connectivity index (χ4v) is 1.77. The number of aliphatic hydroxyl groups excluding tert-OH is 1. The zero-order valence-corrected chi connectivity index (χ0v) is 17.7. The van der Waals surface area contributed by atoms with Crippen molar-refractivity contribution in [2.75, 3.05) is 7.05 Å². The molecule has 2 atom stereocenters. The Balaban J connectivity index is -0.000000122. The van der Waals surface area contributed by atoms with Crippen LogP contribution in [0.1, 0.15) is 52.5 Å². The van der Waals surface area contributed by atoms with Gasteiger partial charge in [-0.05, 0) is 38.9 Å². The van der Waals surface area contributed by atoms with Crippen LogP contribution in [0.5, 0.6) is 0 Å². The highest BCUT2D eigenvalue weighted by atomic mass is 79.9. The van der Waals surface area contributed by atoms with Crippen molar-refractivity contribution < 1.29 is 14.7 Å². The van der Waals surface area contributed by atoms with Gasteiger partial charge in [0.25, 0.3) is 0 Å². The third kappa shape index (κ3) is 23.2. The first-order chi connectivity index (χ1) is 11.4. The summed E-state index contributed by atoms with van der Waals surface area (Å²) in [5.74, 6) is 0. The minimum absolute atomic E-state index is 0.227. The van der Waals surface area contributed by atoms with E-state index < -0.39 is 0 Å². The summed E-state index contributed by atoms with van der Waals surface area (Å²) in [4.78, 5) is 16.0. The standard InChI is InChI=1S/C7H7Br.C7H17NO.C3H8.2CH2O/c1-6-4-2-3-5-7(6)8;1-4-5-7(8-3)6(2)9;1-3-2;2*1-2/h2-5H,1H3;6-9H,4-5H2,1-3H3;3H2,1-2H3;2*1H2. The normalized spacial score (nSPS) is 10.7. The molecule has 0 fully saturated rings. The molecule has 0 aromatic heterocycles. The average Bonchev–Trinajstić information content (AvgIpc) is 2.60. The first-order valence-corrected chi connectivity index (χ1v) is 8.87. The lowest BCUT2D eigenvalue weighted by molar-refractivity contribution is -0.0987. The molecule has 5 heteroatoms. The highest BCUT2D eigenvalue weighted by Crippen LogP contribution is 2.13. The summed E-state index contributed by atoms with van der Waals surface area (Å²) in [5.41, 5.74) is 1.28. The van der Waals surface area contributed by atoms with Crippen molar-refractivity contribution in [3.63, 3.8) is 0 Å². The van der Waals surface area contributed by atoms with Gasteiger partial charge >= 0.3 is 0 Å². The van der Waals surface area contributed by atoms with Crippen LogP contribution in [0.4, 0.5) is 0 Å². The van der Waals surface area contributed by atoms with Gasteiger partial charge in [0.05, 0.1) is 6.10 Å². The Kier molecular flexibility index (Phi) is 34.4. The average molecular weight is 406 g/mol. The van der Waals surface area contributed by atoms with Crippen LogP contribution in [0.25, 0.3) is 0 Å². The van der Waals surface area contributed by atoms with E-state index >= 15 is 0 Å². The number of hydrogen-bond acceptors (Lipinski definition) is 4. The third-order valence-electron chi connectivity index (χ3n) is 2.63. The number of aryl methyl sites for hydroxylation is 1. The molecule has 24 heavy (non-hydrogen) atoms.